The van der Waals surface area contributed by atoms with Gasteiger partial charge in [-0.15, -0.1) is 0 Å². The molecule has 23 heavy (non-hydrogen) atoms. The van der Waals surface area contributed by atoms with Crippen molar-refractivity contribution in [3.8, 4) is 0 Å². The van der Waals surface area contributed by atoms with Crippen LogP contribution >= 0.6 is 0 Å². The number of ether oxygens (including phenoxy) is 1. The van der Waals surface area contributed by atoms with Crippen molar-refractivity contribution in [1.82, 2.24) is 0 Å². The monoisotopic (exact) mass is 339 g/mol. The first-order valence-corrected chi connectivity index (χ1v) is 7.36. The fraction of sp³-hybridized carbons (Fsp3) is 0.625. The summed E-state index contributed by atoms with van der Waals surface area (Å²) in [5.41, 5.74) is -0.707. The number of alkyl halides is 5. The molecule has 0 aromatic heterocycles. The molecular formula is C16H22F5NO. The fourth-order valence-electron chi connectivity index (χ4n) is 2.44. The molecule has 0 aliphatic heterocycles. The number of hydrogen-bond donors (Lipinski definition) is 0. The highest BCUT2D eigenvalue weighted by Gasteiger charge is 2.60. The van der Waals surface area contributed by atoms with Crippen molar-refractivity contribution in [3.63, 3.8) is 0 Å². The molecule has 2 nitrogen and oxygen atoms in total. The molecule has 7 heteroatoms. The molecular weight excluding hydrogens is 317 g/mol. The Morgan fingerprint density at radius 3 is 2.04 bits per heavy atom. The molecule has 132 valence electrons. The molecule has 0 aliphatic carbocycles. The number of methoxy groups -OCH3 is 1. The largest absolute Gasteiger partial charge is 0.453 e. The van der Waals surface area contributed by atoms with Gasteiger partial charge in [-0.2, -0.15) is 22.0 Å². The zero-order valence-corrected chi connectivity index (χ0v) is 13.7. The molecule has 0 fully saturated rings. The highest BCUT2D eigenvalue weighted by molar-refractivity contribution is 5.49. The van der Waals surface area contributed by atoms with E-state index in [1.165, 1.54) is 13.0 Å². The molecule has 0 saturated heterocycles. The minimum Gasteiger partial charge on any atom is -0.374 e. The summed E-state index contributed by atoms with van der Waals surface area (Å²) in [6.07, 6.45) is -7.08. The normalized spacial score (nSPS) is 15.3. The van der Waals surface area contributed by atoms with Gasteiger partial charge in [-0.1, -0.05) is 12.1 Å². The molecule has 1 unspecified atom stereocenters. The van der Waals surface area contributed by atoms with Crippen molar-refractivity contribution in [1.29, 1.82) is 0 Å². The Bertz CT molecular complexity index is 513. The summed E-state index contributed by atoms with van der Waals surface area (Å²) in [5.74, 6) is -4.83. The first kappa shape index (κ1) is 19.7. The first-order valence-electron chi connectivity index (χ1n) is 7.36. The van der Waals surface area contributed by atoms with Crippen LogP contribution in [0.4, 0.5) is 27.6 Å². The van der Waals surface area contributed by atoms with Gasteiger partial charge in [0.15, 0.2) is 0 Å². The average Bonchev–Trinajstić information content (AvgIpc) is 2.47. The lowest BCUT2D eigenvalue weighted by Gasteiger charge is -2.34. The van der Waals surface area contributed by atoms with Crippen LogP contribution in [-0.2, 0) is 10.3 Å². The van der Waals surface area contributed by atoms with Gasteiger partial charge in [0.1, 0.15) is 0 Å². The van der Waals surface area contributed by atoms with Gasteiger partial charge >= 0.3 is 12.1 Å². The van der Waals surface area contributed by atoms with E-state index in [9.17, 15) is 22.0 Å². The molecule has 0 radical (unpaired) electrons. The number of anilines is 1. The van der Waals surface area contributed by atoms with E-state index in [1.807, 2.05) is 18.7 Å². The second-order valence-corrected chi connectivity index (χ2v) is 5.54. The number of halogens is 5. The van der Waals surface area contributed by atoms with E-state index in [2.05, 4.69) is 0 Å². The van der Waals surface area contributed by atoms with Crippen LogP contribution in [0, 0.1) is 0 Å². The predicted molar refractivity (Wildman–Crippen MR) is 80.0 cm³/mol. The minimum atomic E-state index is -5.61. The quantitative estimate of drug-likeness (QED) is 0.650. The summed E-state index contributed by atoms with van der Waals surface area (Å²) in [5, 5.41) is 0. The predicted octanol–water partition coefficient (Wildman–Crippen LogP) is 4.98. The number of rotatable bonds is 7. The van der Waals surface area contributed by atoms with E-state index in [1.54, 1.807) is 18.2 Å². The second kappa shape index (κ2) is 7.03. The zero-order valence-electron chi connectivity index (χ0n) is 13.7. The van der Waals surface area contributed by atoms with Crippen LogP contribution in [0.1, 0.15) is 32.8 Å². The van der Waals surface area contributed by atoms with Crippen LogP contribution in [0.15, 0.2) is 24.3 Å². The van der Waals surface area contributed by atoms with Gasteiger partial charge in [0.25, 0.3) is 0 Å². The molecule has 1 aromatic rings. The maximum Gasteiger partial charge on any atom is 0.453 e. The standard InChI is InChI=1S/C16H22F5NO/c1-5-22(6-2)13-9-7-8-12(10-13)14(3,23-4)11-15(17,18)16(19,20)21/h7-10H,5-6,11H2,1-4H3. The summed E-state index contributed by atoms with van der Waals surface area (Å²) in [4.78, 5) is 1.97. The van der Waals surface area contributed by atoms with Crippen molar-refractivity contribution in [2.24, 2.45) is 0 Å². The van der Waals surface area contributed by atoms with Gasteiger partial charge in [0.2, 0.25) is 0 Å². The molecule has 0 spiro atoms. The van der Waals surface area contributed by atoms with Crippen LogP contribution in [0.2, 0.25) is 0 Å². The highest BCUT2D eigenvalue weighted by Crippen LogP contribution is 2.45. The van der Waals surface area contributed by atoms with Crippen LogP contribution < -0.4 is 4.90 Å². The Morgan fingerprint density at radius 1 is 1.04 bits per heavy atom. The minimum absolute atomic E-state index is 0.285. The molecule has 1 rings (SSSR count). The lowest BCUT2D eigenvalue weighted by molar-refractivity contribution is -0.298. The smallest absolute Gasteiger partial charge is 0.374 e. The second-order valence-electron chi connectivity index (χ2n) is 5.54. The van der Waals surface area contributed by atoms with Gasteiger partial charge < -0.3 is 9.64 Å². The topological polar surface area (TPSA) is 12.5 Å². The molecule has 0 bridgehead atoms. The Morgan fingerprint density at radius 2 is 1.61 bits per heavy atom. The number of benzene rings is 1. The number of hydrogen-bond acceptors (Lipinski definition) is 2. The third kappa shape index (κ3) is 4.34. The SMILES string of the molecule is CCN(CC)c1cccc(C(C)(CC(F)(F)C(F)(F)F)OC)c1. The van der Waals surface area contributed by atoms with Crippen LogP contribution in [0.5, 0.6) is 0 Å². The molecule has 0 aliphatic rings. The maximum absolute atomic E-state index is 13.5. The van der Waals surface area contributed by atoms with Crippen LogP contribution in [-0.4, -0.2) is 32.3 Å². The Balaban J connectivity index is 3.21. The van der Waals surface area contributed by atoms with Crippen molar-refractivity contribution in [2.45, 2.75) is 44.9 Å². The fourth-order valence-corrected chi connectivity index (χ4v) is 2.44. The molecule has 1 aromatic carbocycles. The lowest BCUT2D eigenvalue weighted by Crippen LogP contribution is -2.43. The average molecular weight is 339 g/mol. The zero-order chi connectivity index (χ0) is 17.9. The summed E-state index contributed by atoms with van der Waals surface area (Å²) in [7, 11) is 1.14. The summed E-state index contributed by atoms with van der Waals surface area (Å²) < 4.78 is 69.6. The molecule has 1 atom stereocenters. The van der Waals surface area contributed by atoms with Crippen molar-refractivity contribution >= 4 is 5.69 Å². The van der Waals surface area contributed by atoms with E-state index in [4.69, 9.17) is 4.74 Å². The molecule has 0 amide bonds. The van der Waals surface area contributed by atoms with Crippen LogP contribution in [0.25, 0.3) is 0 Å². The van der Waals surface area contributed by atoms with Gasteiger partial charge in [-0.05, 0) is 38.5 Å². The maximum atomic E-state index is 13.5. The molecule has 0 heterocycles. The first-order chi connectivity index (χ1) is 10.5. The number of nitrogens with zero attached hydrogens (tertiary/aromatic N) is 1. The van der Waals surface area contributed by atoms with Crippen molar-refractivity contribution in [3.05, 3.63) is 29.8 Å². The highest BCUT2D eigenvalue weighted by atomic mass is 19.4. The van der Waals surface area contributed by atoms with E-state index >= 15 is 0 Å². The lowest BCUT2D eigenvalue weighted by atomic mass is 9.88. The Hall–Kier alpha value is -1.37. The summed E-state index contributed by atoms with van der Waals surface area (Å²) >= 11 is 0. The Kier molecular flexibility index (Phi) is 6.01. The van der Waals surface area contributed by atoms with Crippen molar-refractivity contribution in [2.75, 3.05) is 25.1 Å². The van der Waals surface area contributed by atoms with Crippen LogP contribution in [0.3, 0.4) is 0 Å². The van der Waals surface area contributed by atoms with Gasteiger partial charge in [-0.25, -0.2) is 0 Å². The van der Waals surface area contributed by atoms with E-state index in [0.29, 0.717) is 13.1 Å². The van der Waals surface area contributed by atoms with Gasteiger partial charge in [-0.3, -0.25) is 0 Å². The van der Waals surface area contributed by atoms with E-state index in [0.717, 1.165) is 12.8 Å². The Labute approximate surface area is 133 Å². The van der Waals surface area contributed by atoms with E-state index in [-0.39, 0.29) is 5.56 Å². The third-order valence-corrected chi connectivity index (χ3v) is 4.01. The molecule has 0 N–H and O–H groups in total. The van der Waals surface area contributed by atoms with Crippen molar-refractivity contribution < 1.29 is 26.7 Å². The third-order valence-electron chi connectivity index (χ3n) is 4.01. The molecule has 0 saturated carbocycles. The summed E-state index contributed by atoms with van der Waals surface area (Å²) in [6.45, 7) is 6.51. The van der Waals surface area contributed by atoms with Gasteiger partial charge in [0.05, 0.1) is 12.0 Å². The van der Waals surface area contributed by atoms with E-state index < -0.39 is 24.1 Å². The summed E-state index contributed by atoms with van der Waals surface area (Å²) in [6, 6.07) is 6.52. The van der Waals surface area contributed by atoms with Gasteiger partial charge in [0, 0.05) is 25.9 Å².